The minimum Gasteiger partial charge on any atom is -0.461 e. The molecule has 24 heavy (non-hydrogen) atoms. The largest absolute Gasteiger partial charge is 0.461 e. The van der Waals surface area contributed by atoms with Gasteiger partial charge in [-0.1, -0.05) is 32.6 Å². The number of rotatable bonds is 11. The Morgan fingerprint density at radius 2 is 1.92 bits per heavy atom. The van der Waals surface area contributed by atoms with Crippen molar-refractivity contribution in [2.24, 2.45) is 0 Å². The van der Waals surface area contributed by atoms with E-state index in [1.807, 2.05) is 0 Å². The third-order valence-corrected chi connectivity index (χ3v) is 3.63. The predicted molar refractivity (Wildman–Crippen MR) is 96.9 cm³/mol. The minimum absolute atomic E-state index is 0. The number of ether oxygens (including phenoxy) is 1. The molecule has 1 unspecified atom stereocenters. The summed E-state index contributed by atoms with van der Waals surface area (Å²) < 4.78 is 5.15. The summed E-state index contributed by atoms with van der Waals surface area (Å²) in [5, 5.41) is 13.9. The molecule has 0 radical (unpaired) electrons. The van der Waals surface area contributed by atoms with E-state index >= 15 is 0 Å². The van der Waals surface area contributed by atoms with Gasteiger partial charge in [0.05, 0.1) is 10.5 Å². The number of esters is 1. The molecule has 0 spiro atoms. The summed E-state index contributed by atoms with van der Waals surface area (Å²) in [6, 6.07) is 5.82. The van der Waals surface area contributed by atoms with Gasteiger partial charge in [-0.15, -0.1) is 12.4 Å². The second-order valence-corrected chi connectivity index (χ2v) is 5.64. The van der Waals surface area contributed by atoms with E-state index in [2.05, 4.69) is 19.2 Å². The molecule has 0 aromatic heterocycles. The van der Waals surface area contributed by atoms with Crippen LogP contribution in [0.4, 0.5) is 5.69 Å². The van der Waals surface area contributed by atoms with Crippen LogP contribution in [0.5, 0.6) is 0 Å². The van der Waals surface area contributed by atoms with E-state index in [9.17, 15) is 14.9 Å². The molecule has 0 bridgehead atoms. The molecule has 1 rings (SSSR count). The lowest BCUT2D eigenvalue weighted by Gasteiger charge is -2.13. The summed E-state index contributed by atoms with van der Waals surface area (Å²) in [4.78, 5) is 21.8. The molecule has 1 N–H and O–H groups in total. The Hall–Kier alpha value is -1.66. The SMILES string of the molecule is CCCCCCC(C)NCCOC(=O)c1ccc([N+](=O)[O-])cc1.Cl. The fourth-order valence-corrected chi connectivity index (χ4v) is 2.23. The standard InChI is InChI=1S/C17H26N2O4.ClH/c1-3-4-5-6-7-14(2)18-12-13-23-17(20)15-8-10-16(11-9-15)19(21)22;/h8-11,14,18H,3-7,12-13H2,1-2H3;1H. The molecule has 1 atom stereocenters. The van der Waals surface area contributed by atoms with Gasteiger partial charge >= 0.3 is 5.97 Å². The van der Waals surface area contributed by atoms with Crippen molar-refractivity contribution in [3.05, 3.63) is 39.9 Å². The molecular formula is C17H27ClN2O4. The first-order valence-corrected chi connectivity index (χ1v) is 8.19. The summed E-state index contributed by atoms with van der Waals surface area (Å²) in [7, 11) is 0. The molecule has 0 aliphatic rings. The monoisotopic (exact) mass is 358 g/mol. The Morgan fingerprint density at radius 1 is 1.25 bits per heavy atom. The Balaban J connectivity index is 0.00000529. The number of hydrogen-bond donors (Lipinski definition) is 1. The predicted octanol–water partition coefficient (Wildman–Crippen LogP) is 4.12. The van der Waals surface area contributed by atoms with Crippen molar-refractivity contribution in [1.82, 2.24) is 5.32 Å². The number of unbranched alkanes of at least 4 members (excludes halogenated alkanes) is 3. The van der Waals surface area contributed by atoms with E-state index in [0.717, 1.165) is 6.42 Å². The van der Waals surface area contributed by atoms with Crippen molar-refractivity contribution in [2.45, 2.75) is 52.0 Å². The number of benzene rings is 1. The average molecular weight is 359 g/mol. The van der Waals surface area contributed by atoms with Crippen molar-refractivity contribution in [3.8, 4) is 0 Å². The van der Waals surface area contributed by atoms with Crippen LogP contribution in [0.2, 0.25) is 0 Å². The molecule has 7 heteroatoms. The highest BCUT2D eigenvalue weighted by molar-refractivity contribution is 5.89. The van der Waals surface area contributed by atoms with E-state index in [1.165, 1.54) is 49.9 Å². The van der Waals surface area contributed by atoms with Crippen molar-refractivity contribution in [2.75, 3.05) is 13.2 Å². The van der Waals surface area contributed by atoms with Crippen molar-refractivity contribution in [1.29, 1.82) is 0 Å². The van der Waals surface area contributed by atoms with Gasteiger partial charge in [-0.3, -0.25) is 10.1 Å². The highest BCUT2D eigenvalue weighted by Gasteiger charge is 2.10. The smallest absolute Gasteiger partial charge is 0.338 e. The molecular weight excluding hydrogens is 332 g/mol. The maximum Gasteiger partial charge on any atom is 0.338 e. The third-order valence-electron chi connectivity index (χ3n) is 3.63. The average Bonchev–Trinajstić information content (AvgIpc) is 2.55. The zero-order valence-electron chi connectivity index (χ0n) is 14.3. The van der Waals surface area contributed by atoms with Crippen LogP contribution in [0.3, 0.4) is 0 Å². The summed E-state index contributed by atoms with van der Waals surface area (Å²) in [6.45, 7) is 5.22. The maximum absolute atomic E-state index is 11.8. The van der Waals surface area contributed by atoms with Crippen LogP contribution < -0.4 is 5.32 Å². The number of hydrogen-bond acceptors (Lipinski definition) is 5. The number of nitro groups is 1. The zero-order chi connectivity index (χ0) is 17.1. The molecule has 0 heterocycles. The van der Waals surface area contributed by atoms with E-state index in [0.29, 0.717) is 18.2 Å². The van der Waals surface area contributed by atoms with Crippen LogP contribution in [-0.2, 0) is 4.74 Å². The van der Waals surface area contributed by atoms with Crippen LogP contribution >= 0.6 is 12.4 Å². The Bertz CT molecular complexity index is 494. The van der Waals surface area contributed by atoms with Crippen LogP contribution in [0, 0.1) is 10.1 Å². The van der Waals surface area contributed by atoms with Gasteiger partial charge < -0.3 is 10.1 Å². The minimum atomic E-state index is -0.499. The van der Waals surface area contributed by atoms with Gasteiger partial charge in [0.25, 0.3) is 5.69 Å². The second-order valence-electron chi connectivity index (χ2n) is 5.64. The van der Waals surface area contributed by atoms with Crippen LogP contribution in [0.25, 0.3) is 0 Å². The van der Waals surface area contributed by atoms with Gasteiger partial charge in [0.15, 0.2) is 0 Å². The quantitative estimate of drug-likeness (QED) is 0.278. The van der Waals surface area contributed by atoms with Crippen LogP contribution in [-0.4, -0.2) is 30.1 Å². The fourth-order valence-electron chi connectivity index (χ4n) is 2.23. The highest BCUT2D eigenvalue weighted by atomic mass is 35.5. The molecule has 0 aliphatic heterocycles. The lowest BCUT2D eigenvalue weighted by molar-refractivity contribution is -0.384. The molecule has 0 fully saturated rings. The lowest BCUT2D eigenvalue weighted by atomic mass is 10.1. The number of halogens is 1. The summed E-state index contributed by atoms with van der Waals surface area (Å²) in [5.74, 6) is -0.461. The molecule has 6 nitrogen and oxygen atoms in total. The number of nitro benzene ring substituents is 1. The lowest BCUT2D eigenvalue weighted by Crippen LogP contribution is -2.30. The fraction of sp³-hybridized carbons (Fsp3) is 0.588. The van der Waals surface area contributed by atoms with Gasteiger partial charge in [0, 0.05) is 24.7 Å². The van der Waals surface area contributed by atoms with Crippen molar-refractivity contribution < 1.29 is 14.5 Å². The number of carbonyl (C=O) groups excluding carboxylic acids is 1. The summed E-state index contributed by atoms with van der Waals surface area (Å²) in [5.41, 5.74) is 0.281. The topological polar surface area (TPSA) is 81.5 Å². The van der Waals surface area contributed by atoms with Gasteiger partial charge in [-0.2, -0.15) is 0 Å². The normalized spacial score (nSPS) is 11.4. The van der Waals surface area contributed by atoms with Gasteiger partial charge in [-0.25, -0.2) is 4.79 Å². The Kier molecular flexibility index (Phi) is 11.8. The summed E-state index contributed by atoms with van der Waals surface area (Å²) >= 11 is 0. The first-order chi connectivity index (χ1) is 11.0. The Labute approximate surface area is 149 Å². The van der Waals surface area contributed by atoms with E-state index < -0.39 is 10.9 Å². The number of nitrogens with zero attached hydrogens (tertiary/aromatic N) is 1. The van der Waals surface area contributed by atoms with Crippen molar-refractivity contribution in [3.63, 3.8) is 0 Å². The van der Waals surface area contributed by atoms with Gasteiger partial charge in [-0.05, 0) is 25.5 Å². The van der Waals surface area contributed by atoms with Gasteiger partial charge in [0.2, 0.25) is 0 Å². The van der Waals surface area contributed by atoms with E-state index in [4.69, 9.17) is 4.74 Å². The summed E-state index contributed by atoms with van der Waals surface area (Å²) in [6.07, 6.45) is 6.11. The van der Waals surface area contributed by atoms with Crippen LogP contribution in [0.15, 0.2) is 24.3 Å². The zero-order valence-corrected chi connectivity index (χ0v) is 15.1. The van der Waals surface area contributed by atoms with Crippen LogP contribution in [0.1, 0.15) is 56.3 Å². The molecule has 1 aromatic carbocycles. The first kappa shape index (κ1) is 22.3. The molecule has 0 saturated heterocycles. The van der Waals surface area contributed by atoms with Gasteiger partial charge in [0.1, 0.15) is 6.61 Å². The van der Waals surface area contributed by atoms with Crippen molar-refractivity contribution >= 4 is 24.1 Å². The Morgan fingerprint density at radius 3 is 2.50 bits per heavy atom. The van der Waals surface area contributed by atoms with E-state index in [-0.39, 0.29) is 24.7 Å². The molecule has 136 valence electrons. The first-order valence-electron chi connectivity index (χ1n) is 8.19. The highest BCUT2D eigenvalue weighted by Crippen LogP contribution is 2.12. The second kappa shape index (κ2) is 12.7. The molecule has 0 saturated carbocycles. The number of non-ortho nitro benzene ring substituents is 1. The number of nitrogens with one attached hydrogen (secondary N) is 1. The molecule has 0 amide bonds. The maximum atomic E-state index is 11.8. The molecule has 0 aliphatic carbocycles. The molecule has 1 aromatic rings. The third kappa shape index (κ3) is 8.84. The number of carbonyl (C=O) groups is 1. The van der Waals surface area contributed by atoms with E-state index in [1.54, 1.807) is 0 Å².